The number of nitrogens with one attached hydrogen (secondary N) is 2. The summed E-state index contributed by atoms with van der Waals surface area (Å²) >= 11 is 0. The lowest BCUT2D eigenvalue weighted by Gasteiger charge is -2.32. The maximum atomic E-state index is 13.5. The third-order valence-electron chi connectivity index (χ3n) is 5.78. The first-order valence-corrected chi connectivity index (χ1v) is 10.0. The van der Waals surface area contributed by atoms with Gasteiger partial charge in [-0.15, -0.1) is 0 Å². The Labute approximate surface area is 173 Å². The molecule has 1 heterocycles. The van der Waals surface area contributed by atoms with Gasteiger partial charge < -0.3 is 20.3 Å². The van der Waals surface area contributed by atoms with Gasteiger partial charge in [-0.3, -0.25) is 9.59 Å². The minimum Gasteiger partial charge on any atom is -0.383 e. The fraction of sp³-hybridized carbons (Fsp3) is 0.304. The topological polar surface area (TPSA) is 85.4 Å². The molecule has 3 atom stereocenters. The number of halogens is 1. The molecule has 0 fully saturated rings. The Hall–Kier alpha value is -3.19. The van der Waals surface area contributed by atoms with Gasteiger partial charge in [0.2, 0.25) is 0 Å². The van der Waals surface area contributed by atoms with Crippen LogP contribution in [0.25, 0.3) is 10.9 Å². The number of rotatable bonds is 5. The molecule has 156 valence electrons. The van der Waals surface area contributed by atoms with Crippen LogP contribution in [0.4, 0.5) is 4.39 Å². The summed E-state index contributed by atoms with van der Waals surface area (Å²) in [5, 5.41) is 13.7. The number of aromatic amines is 1. The van der Waals surface area contributed by atoms with Crippen molar-refractivity contribution >= 4 is 22.7 Å². The van der Waals surface area contributed by atoms with Gasteiger partial charge in [-0.25, -0.2) is 4.39 Å². The lowest BCUT2D eigenvalue weighted by Crippen LogP contribution is -2.47. The van der Waals surface area contributed by atoms with Crippen LogP contribution >= 0.6 is 0 Å². The van der Waals surface area contributed by atoms with Gasteiger partial charge in [-0.1, -0.05) is 31.2 Å². The second-order valence-electron chi connectivity index (χ2n) is 7.72. The number of hydrogen-bond donors (Lipinski definition) is 3. The van der Waals surface area contributed by atoms with Gasteiger partial charge in [-0.05, 0) is 48.2 Å². The monoisotopic (exact) mass is 409 g/mol. The molecule has 30 heavy (non-hydrogen) atoms. The van der Waals surface area contributed by atoms with Crippen molar-refractivity contribution in [3.63, 3.8) is 0 Å². The first-order valence-electron chi connectivity index (χ1n) is 10.0. The van der Waals surface area contributed by atoms with Gasteiger partial charge >= 0.3 is 0 Å². The molecule has 2 amide bonds. The van der Waals surface area contributed by atoms with E-state index in [1.54, 1.807) is 26.1 Å². The number of hydrogen-bond acceptors (Lipinski definition) is 3. The summed E-state index contributed by atoms with van der Waals surface area (Å²) in [6.45, 7) is 1.75. The Balaban J connectivity index is 1.61. The zero-order valence-corrected chi connectivity index (χ0v) is 16.9. The van der Waals surface area contributed by atoms with E-state index < -0.39 is 6.10 Å². The Morgan fingerprint density at radius 2 is 2.03 bits per heavy atom. The third kappa shape index (κ3) is 3.57. The lowest BCUT2D eigenvalue weighted by atomic mass is 10.0. The second-order valence-corrected chi connectivity index (χ2v) is 7.72. The number of amides is 2. The first kappa shape index (κ1) is 20.1. The maximum Gasteiger partial charge on any atom is 0.268 e. The summed E-state index contributed by atoms with van der Waals surface area (Å²) in [6, 6.07) is 12.9. The van der Waals surface area contributed by atoms with Crippen LogP contribution < -0.4 is 5.32 Å². The van der Waals surface area contributed by atoms with Crippen molar-refractivity contribution < 1.29 is 19.1 Å². The van der Waals surface area contributed by atoms with Gasteiger partial charge in [0.25, 0.3) is 11.8 Å². The number of aliphatic hydroxyl groups excluding tert-OH is 1. The third-order valence-corrected chi connectivity index (χ3v) is 5.78. The zero-order chi connectivity index (χ0) is 21.4. The fourth-order valence-corrected chi connectivity index (χ4v) is 4.20. The standard InChI is InChI=1S/C23H24FN3O3/c1-3-20(28)23(30)27(2)21-16-7-5-4-6-13(16)11-18(21)26-22(29)19-12-14-10-15(24)8-9-17(14)25-19/h4-10,12,18,20-21,25,28H,3,11H2,1-2H3,(H,26,29)/t18-,20+,21-/m1/s1. The van der Waals surface area contributed by atoms with Crippen molar-refractivity contribution in [2.75, 3.05) is 7.05 Å². The van der Waals surface area contributed by atoms with E-state index >= 15 is 0 Å². The minimum atomic E-state index is -1.08. The average Bonchev–Trinajstić information content (AvgIpc) is 3.32. The molecule has 2 aromatic carbocycles. The number of fused-ring (bicyclic) bond motifs is 2. The van der Waals surface area contributed by atoms with Crippen molar-refractivity contribution in [3.8, 4) is 0 Å². The molecule has 3 aromatic rings. The Morgan fingerprint density at radius 3 is 2.80 bits per heavy atom. The van der Waals surface area contributed by atoms with Gasteiger partial charge in [0, 0.05) is 18.0 Å². The van der Waals surface area contributed by atoms with Crippen LogP contribution in [0.3, 0.4) is 0 Å². The smallest absolute Gasteiger partial charge is 0.268 e. The molecule has 0 unspecified atom stereocenters. The number of aliphatic hydroxyl groups is 1. The number of aromatic nitrogens is 1. The minimum absolute atomic E-state index is 0.320. The molecule has 1 aliphatic carbocycles. The summed E-state index contributed by atoms with van der Waals surface area (Å²) in [5.74, 6) is -1.07. The molecule has 1 aliphatic rings. The van der Waals surface area contributed by atoms with Gasteiger partial charge in [-0.2, -0.15) is 0 Å². The summed E-state index contributed by atoms with van der Waals surface area (Å²) in [7, 11) is 1.65. The van der Waals surface area contributed by atoms with Crippen molar-refractivity contribution in [2.24, 2.45) is 0 Å². The first-order chi connectivity index (χ1) is 14.4. The van der Waals surface area contributed by atoms with Crippen LogP contribution in [0.15, 0.2) is 48.5 Å². The molecule has 3 N–H and O–H groups in total. The largest absolute Gasteiger partial charge is 0.383 e. The van der Waals surface area contributed by atoms with Gasteiger partial charge in [0.05, 0.1) is 12.1 Å². The number of carbonyl (C=O) groups is 2. The van der Waals surface area contributed by atoms with E-state index in [4.69, 9.17) is 0 Å². The second kappa shape index (κ2) is 7.91. The van der Waals surface area contributed by atoms with Crippen LogP contribution in [-0.2, 0) is 11.2 Å². The van der Waals surface area contributed by atoms with E-state index in [1.165, 1.54) is 17.0 Å². The summed E-state index contributed by atoms with van der Waals surface area (Å²) < 4.78 is 13.5. The number of carbonyl (C=O) groups excluding carboxylic acids is 2. The highest BCUT2D eigenvalue weighted by molar-refractivity contribution is 5.98. The average molecular weight is 409 g/mol. The number of H-pyrrole nitrogens is 1. The van der Waals surface area contributed by atoms with Crippen LogP contribution in [0.1, 0.15) is 41.0 Å². The van der Waals surface area contributed by atoms with Crippen molar-refractivity contribution in [1.29, 1.82) is 0 Å². The highest BCUT2D eigenvalue weighted by atomic mass is 19.1. The molecule has 0 saturated heterocycles. The van der Waals surface area contributed by atoms with Crippen molar-refractivity contribution in [2.45, 2.75) is 38.0 Å². The highest BCUT2D eigenvalue weighted by Crippen LogP contribution is 2.36. The van der Waals surface area contributed by atoms with Gasteiger partial charge in [0.1, 0.15) is 17.6 Å². The van der Waals surface area contributed by atoms with E-state index in [0.29, 0.717) is 29.4 Å². The highest BCUT2D eigenvalue weighted by Gasteiger charge is 2.39. The molecular weight excluding hydrogens is 385 g/mol. The number of benzene rings is 2. The van der Waals surface area contributed by atoms with E-state index in [0.717, 1.165) is 11.1 Å². The van der Waals surface area contributed by atoms with Crippen molar-refractivity contribution in [3.05, 3.63) is 71.2 Å². The normalized spacial score (nSPS) is 18.8. The van der Waals surface area contributed by atoms with Crippen LogP contribution in [0.5, 0.6) is 0 Å². The van der Waals surface area contributed by atoms with Crippen LogP contribution in [0, 0.1) is 5.82 Å². The molecule has 7 heteroatoms. The SMILES string of the molecule is CC[C@H](O)C(=O)N(C)[C@@H]1c2ccccc2C[C@H]1NC(=O)c1cc2cc(F)ccc2[nH]1. The molecule has 4 rings (SSSR count). The lowest BCUT2D eigenvalue weighted by molar-refractivity contribution is -0.141. The molecule has 0 saturated carbocycles. The Morgan fingerprint density at radius 1 is 1.27 bits per heavy atom. The van der Waals surface area contributed by atoms with Crippen LogP contribution in [0.2, 0.25) is 0 Å². The molecule has 0 aliphatic heterocycles. The number of nitrogens with zero attached hydrogens (tertiary/aromatic N) is 1. The fourth-order valence-electron chi connectivity index (χ4n) is 4.20. The molecular formula is C23H24FN3O3. The van der Waals surface area contributed by atoms with E-state index in [-0.39, 0.29) is 29.7 Å². The van der Waals surface area contributed by atoms with Crippen molar-refractivity contribution in [1.82, 2.24) is 15.2 Å². The van der Waals surface area contributed by atoms with E-state index in [9.17, 15) is 19.1 Å². The summed E-state index contributed by atoms with van der Waals surface area (Å²) in [5.41, 5.74) is 3.01. The molecule has 0 radical (unpaired) electrons. The summed E-state index contributed by atoms with van der Waals surface area (Å²) in [4.78, 5) is 30.1. The summed E-state index contributed by atoms with van der Waals surface area (Å²) in [6.07, 6.45) is -0.190. The van der Waals surface area contributed by atoms with Crippen LogP contribution in [-0.4, -0.2) is 46.0 Å². The van der Waals surface area contributed by atoms with Gasteiger partial charge in [0.15, 0.2) is 0 Å². The molecule has 6 nitrogen and oxygen atoms in total. The molecule has 0 spiro atoms. The molecule has 1 aromatic heterocycles. The molecule has 0 bridgehead atoms. The van der Waals surface area contributed by atoms with E-state index in [2.05, 4.69) is 10.3 Å². The Bertz CT molecular complexity index is 1110. The Kier molecular flexibility index (Phi) is 5.30. The maximum absolute atomic E-state index is 13.5. The predicted octanol–water partition coefficient (Wildman–Crippen LogP) is 2.93. The quantitative estimate of drug-likeness (QED) is 0.606. The predicted molar refractivity (Wildman–Crippen MR) is 111 cm³/mol. The zero-order valence-electron chi connectivity index (χ0n) is 16.9. The number of likely N-dealkylation sites (N-methyl/N-ethyl adjacent to an activating group) is 1. The van der Waals surface area contributed by atoms with E-state index in [1.807, 2.05) is 24.3 Å².